The van der Waals surface area contributed by atoms with Crippen LogP contribution in [0.15, 0.2) is 52.6 Å². The molecule has 2 aromatic heterocycles. The summed E-state index contributed by atoms with van der Waals surface area (Å²) in [6.45, 7) is 0.454. The van der Waals surface area contributed by atoms with Crippen LogP contribution in [0.1, 0.15) is 5.69 Å². The van der Waals surface area contributed by atoms with E-state index in [0.29, 0.717) is 6.54 Å². The standard InChI is InChI=1S/C11H11N3S/c12-8-9-10(4-3-7-13-9)15-11-5-1-2-6-14-11/h1-7H,8,12H2. The van der Waals surface area contributed by atoms with E-state index >= 15 is 0 Å². The van der Waals surface area contributed by atoms with Crippen LogP contribution in [-0.4, -0.2) is 9.97 Å². The van der Waals surface area contributed by atoms with Crippen molar-refractivity contribution < 1.29 is 0 Å². The number of hydrogen-bond acceptors (Lipinski definition) is 4. The van der Waals surface area contributed by atoms with Crippen molar-refractivity contribution in [2.45, 2.75) is 16.5 Å². The second-order valence-corrected chi connectivity index (χ2v) is 3.98. The van der Waals surface area contributed by atoms with Crippen LogP contribution in [-0.2, 0) is 6.54 Å². The summed E-state index contributed by atoms with van der Waals surface area (Å²) in [5.41, 5.74) is 6.52. The first-order valence-corrected chi connectivity index (χ1v) is 5.44. The molecule has 2 rings (SSSR count). The van der Waals surface area contributed by atoms with E-state index in [4.69, 9.17) is 5.73 Å². The summed E-state index contributed by atoms with van der Waals surface area (Å²) < 4.78 is 0. The van der Waals surface area contributed by atoms with E-state index in [9.17, 15) is 0 Å². The lowest BCUT2D eigenvalue weighted by Gasteiger charge is -2.04. The van der Waals surface area contributed by atoms with Crippen molar-refractivity contribution >= 4 is 11.8 Å². The fourth-order valence-electron chi connectivity index (χ4n) is 1.19. The Balaban J connectivity index is 2.24. The molecule has 0 saturated heterocycles. The SMILES string of the molecule is NCc1ncccc1Sc1ccccn1. The first kappa shape index (κ1) is 10.1. The average molecular weight is 217 g/mol. The number of nitrogens with two attached hydrogens (primary N) is 1. The van der Waals surface area contributed by atoms with Crippen LogP contribution < -0.4 is 5.73 Å². The second kappa shape index (κ2) is 4.91. The normalized spacial score (nSPS) is 10.2. The van der Waals surface area contributed by atoms with Gasteiger partial charge in [0.1, 0.15) is 5.03 Å². The number of hydrogen-bond donors (Lipinski definition) is 1. The van der Waals surface area contributed by atoms with Gasteiger partial charge in [-0.05, 0) is 24.3 Å². The van der Waals surface area contributed by atoms with Crippen LogP contribution in [0.2, 0.25) is 0 Å². The maximum Gasteiger partial charge on any atom is 0.101 e. The molecule has 0 atom stereocenters. The average Bonchev–Trinajstić information content (AvgIpc) is 2.31. The number of nitrogens with zero attached hydrogens (tertiary/aromatic N) is 2. The molecular formula is C11H11N3S. The summed E-state index contributed by atoms with van der Waals surface area (Å²) in [5, 5.41) is 0.959. The molecule has 4 heteroatoms. The highest BCUT2D eigenvalue weighted by Gasteiger charge is 2.03. The Labute approximate surface area is 92.8 Å². The zero-order chi connectivity index (χ0) is 10.5. The highest BCUT2D eigenvalue weighted by Crippen LogP contribution is 2.27. The third-order valence-corrected chi connectivity index (χ3v) is 2.94. The van der Waals surface area contributed by atoms with Crippen molar-refractivity contribution in [1.82, 2.24) is 9.97 Å². The Kier molecular flexibility index (Phi) is 3.32. The minimum absolute atomic E-state index is 0.454. The van der Waals surface area contributed by atoms with E-state index in [2.05, 4.69) is 9.97 Å². The molecule has 0 aliphatic heterocycles. The van der Waals surface area contributed by atoms with Crippen LogP contribution in [0.4, 0.5) is 0 Å². The van der Waals surface area contributed by atoms with Crippen molar-refractivity contribution in [3.8, 4) is 0 Å². The van der Waals surface area contributed by atoms with Gasteiger partial charge in [-0.1, -0.05) is 17.8 Å². The van der Waals surface area contributed by atoms with Crippen LogP contribution in [0.5, 0.6) is 0 Å². The largest absolute Gasteiger partial charge is 0.325 e. The number of pyridine rings is 2. The Morgan fingerprint density at radius 3 is 2.67 bits per heavy atom. The minimum atomic E-state index is 0.454. The van der Waals surface area contributed by atoms with Crippen molar-refractivity contribution in [2.75, 3.05) is 0 Å². The Hall–Kier alpha value is -1.39. The second-order valence-electron chi connectivity index (χ2n) is 2.92. The Morgan fingerprint density at radius 1 is 1.07 bits per heavy atom. The zero-order valence-electron chi connectivity index (χ0n) is 8.13. The van der Waals surface area contributed by atoms with Gasteiger partial charge >= 0.3 is 0 Å². The van der Waals surface area contributed by atoms with E-state index in [1.807, 2.05) is 30.3 Å². The fraction of sp³-hybridized carbons (Fsp3) is 0.0909. The van der Waals surface area contributed by atoms with Gasteiger partial charge in [0.2, 0.25) is 0 Å². The highest BCUT2D eigenvalue weighted by molar-refractivity contribution is 7.99. The molecule has 15 heavy (non-hydrogen) atoms. The topological polar surface area (TPSA) is 51.8 Å². The Morgan fingerprint density at radius 2 is 1.93 bits per heavy atom. The molecule has 0 bridgehead atoms. The predicted molar refractivity (Wildman–Crippen MR) is 60.5 cm³/mol. The van der Waals surface area contributed by atoms with Gasteiger partial charge in [0.25, 0.3) is 0 Å². The van der Waals surface area contributed by atoms with Crippen molar-refractivity contribution in [3.05, 3.63) is 48.4 Å². The van der Waals surface area contributed by atoms with Gasteiger partial charge in [-0.2, -0.15) is 0 Å². The van der Waals surface area contributed by atoms with E-state index in [0.717, 1.165) is 15.6 Å². The van der Waals surface area contributed by atoms with Gasteiger partial charge in [0, 0.05) is 23.8 Å². The van der Waals surface area contributed by atoms with Gasteiger partial charge in [-0.25, -0.2) is 4.98 Å². The lowest BCUT2D eigenvalue weighted by atomic mass is 10.3. The molecule has 2 heterocycles. The molecule has 0 unspecified atom stereocenters. The molecule has 2 N–H and O–H groups in total. The Bertz CT molecular complexity index is 431. The molecule has 0 saturated carbocycles. The van der Waals surface area contributed by atoms with Crippen LogP contribution in [0.25, 0.3) is 0 Å². The smallest absolute Gasteiger partial charge is 0.101 e. The summed E-state index contributed by atoms with van der Waals surface area (Å²) in [5.74, 6) is 0. The van der Waals surface area contributed by atoms with E-state index in [-0.39, 0.29) is 0 Å². The van der Waals surface area contributed by atoms with Gasteiger partial charge < -0.3 is 5.73 Å². The van der Waals surface area contributed by atoms with Crippen molar-refractivity contribution in [3.63, 3.8) is 0 Å². The van der Waals surface area contributed by atoms with E-state index < -0.39 is 0 Å². The zero-order valence-corrected chi connectivity index (χ0v) is 8.95. The molecular weight excluding hydrogens is 206 g/mol. The first-order valence-electron chi connectivity index (χ1n) is 4.63. The van der Waals surface area contributed by atoms with Crippen LogP contribution in [0.3, 0.4) is 0 Å². The lowest BCUT2D eigenvalue weighted by molar-refractivity contribution is 0.942. The summed E-state index contributed by atoms with van der Waals surface area (Å²) in [6.07, 6.45) is 3.53. The molecule has 76 valence electrons. The molecule has 0 amide bonds. The minimum Gasteiger partial charge on any atom is -0.325 e. The molecule has 0 fully saturated rings. The molecule has 0 aliphatic rings. The maximum atomic E-state index is 5.61. The van der Waals surface area contributed by atoms with Crippen LogP contribution in [0, 0.1) is 0 Å². The van der Waals surface area contributed by atoms with E-state index in [1.165, 1.54) is 0 Å². The molecule has 3 nitrogen and oxygen atoms in total. The van der Waals surface area contributed by atoms with Gasteiger partial charge in [-0.15, -0.1) is 0 Å². The summed E-state index contributed by atoms with van der Waals surface area (Å²) in [4.78, 5) is 9.53. The fourth-order valence-corrected chi connectivity index (χ4v) is 2.08. The quantitative estimate of drug-likeness (QED) is 0.855. The summed E-state index contributed by atoms with van der Waals surface area (Å²) in [6, 6.07) is 9.75. The lowest BCUT2D eigenvalue weighted by Crippen LogP contribution is -2.00. The molecule has 2 aromatic rings. The van der Waals surface area contributed by atoms with Crippen molar-refractivity contribution in [2.24, 2.45) is 5.73 Å². The first-order chi connectivity index (χ1) is 7.40. The predicted octanol–water partition coefficient (Wildman–Crippen LogP) is 2.09. The summed E-state index contributed by atoms with van der Waals surface area (Å²) >= 11 is 1.59. The van der Waals surface area contributed by atoms with Crippen LogP contribution >= 0.6 is 11.8 Å². The number of rotatable bonds is 3. The van der Waals surface area contributed by atoms with Gasteiger partial charge in [-0.3, -0.25) is 4.98 Å². The highest BCUT2D eigenvalue weighted by atomic mass is 32.2. The molecule has 0 aliphatic carbocycles. The third-order valence-electron chi connectivity index (χ3n) is 1.89. The molecule has 0 aromatic carbocycles. The number of aromatic nitrogens is 2. The molecule has 0 radical (unpaired) electrons. The van der Waals surface area contributed by atoms with Gasteiger partial charge in [0.15, 0.2) is 0 Å². The van der Waals surface area contributed by atoms with Gasteiger partial charge in [0.05, 0.1) is 5.69 Å². The van der Waals surface area contributed by atoms with Crippen molar-refractivity contribution in [1.29, 1.82) is 0 Å². The maximum absolute atomic E-state index is 5.61. The third kappa shape index (κ3) is 2.55. The summed E-state index contributed by atoms with van der Waals surface area (Å²) in [7, 11) is 0. The monoisotopic (exact) mass is 217 g/mol. The van der Waals surface area contributed by atoms with E-state index in [1.54, 1.807) is 24.2 Å². The molecule has 0 spiro atoms.